The summed E-state index contributed by atoms with van der Waals surface area (Å²) < 4.78 is 12.9. The van der Waals surface area contributed by atoms with Crippen LogP contribution >= 0.6 is 0 Å². The average Bonchev–Trinajstić information content (AvgIpc) is 2.23. The highest BCUT2D eigenvalue weighted by Gasteiger charge is 2.15. The second-order valence-electron chi connectivity index (χ2n) is 3.82. The standard InChI is InChI=1S/C11H15FN2/c12-10-4-3-8(6-11(10)13)9-2-1-5-14-7-9/h3-4,6,9,14H,1-2,5,7,13H2/t9-/m0/s1. The van der Waals surface area contributed by atoms with Gasteiger partial charge in [0.15, 0.2) is 0 Å². The predicted molar refractivity (Wildman–Crippen MR) is 55.7 cm³/mol. The highest BCUT2D eigenvalue weighted by molar-refractivity contribution is 5.43. The molecule has 76 valence electrons. The number of nitrogens with one attached hydrogen (secondary N) is 1. The van der Waals surface area contributed by atoms with E-state index in [0.717, 1.165) is 25.1 Å². The van der Waals surface area contributed by atoms with Crippen molar-refractivity contribution in [2.75, 3.05) is 18.8 Å². The Bertz CT molecular complexity index is 319. The van der Waals surface area contributed by atoms with Crippen LogP contribution in [0.3, 0.4) is 0 Å². The molecular formula is C11H15FN2. The molecule has 0 radical (unpaired) electrons. The first-order valence-electron chi connectivity index (χ1n) is 5.03. The fourth-order valence-electron chi connectivity index (χ4n) is 1.95. The van der Waals surface area contributed by atoms with E-state index in [0.29, 0.717) is 5.92 Å². The maximum absolute atomic E-state index is 12.9. The molecule has 14 heavy (non-hydrogen) atoms. The van der Waals surface area contributed by atoms with Gasteiger partial charge in [0.2, 0.25) is 0 Å². The fraction of sp³-hybridized carbons (Fsp3) is 0.455. The first-order valence-corrected chi connectivity index (χ1v) is 5.03. The molecule has 0 aliphatic carbocycles. The third-order valence-corrected chi connectivity index (χ3v) is 2.79. The second kappa shape index (κ2) is 3.96. The van der Waals surface area contributed by atoms with Crippen LogP contribution in [0.2, 0.25) is 0 Å². The normalized spacial score (nSPS) is 22.2. The van der Waals surface area contributed by atoms with Crippen LogP contribution in [0.4, 0.5) is 10.1 Å². The molecule has 0 saturated carbocycles. The van der Waals surface area contributed by atoms with Crippen LogP contribution in [0.25, 0.3) is 0 Å². The highest BCUT2D eigenvalue weighted by atomic mass is 19.1. The van der Waals surface area contributed by atoms with Gasteiger partial charge >= 0.3 is 0 Å². The Morgan fingerprint density at radius 3 is 2.93 bits per heavy atom. The summed E-state index contributed by atoms with van der Waals surface area (Å²) in [6.07, 6.45) is 2.35. The van der Waals surface area contributed by atoms with Crippen molar-refractivity contribution in [1.82, 2.24) is 5.32 Å². The van der Waals surface area contributed by atoms with Gasteiger partial charge in [0.25, 0.3) is 0 Å². The largest absolute Gasteiger partial charge is 0.396 e. The molecule has 1 fully saturated rings. The van der Waals surface area contributed by atoms with Gasteiger partial charge in [-0.3, -0.25) is 0 Å². The van der Waals surface area contributed by atoms with Crippen molar-refractivity contribution < 1.29 is 4.39 Å². The van der Waals surface area contributed by atoms with E-state index >= 15 is 0 Å². The Hall–Kier alpha value is -1.09. The summed E-state index contributed by atoms with van der Waals surface area (Å²) in [7, 11) is 0. The highest BCUT2D eigenvalue weighted by Crippen LogP contribution is 2.25. The van der Waals surface area contributed by atoms with Crippen LogP contribution in [0.1, 0.15) is 24.3 Å². The fourth-order valence-corrected chi connectivity index (χ4v) is 1.95. The minimum absolute atomic E-state index is 0.257. The molecule has 1 heterocycles. The van der Waals surface area contributed by atoms with Gasteiger partial charge in [-0.15, -0.1) is 0 Å². The summed E-state index contributed by atoms with van der Waals surface area (Å²) in [6.45, 7) is 2.07. The monoisotopic (exact) mass is 194 g/mol. The number of anilines is 1. The van der Waals surface area contributed by atoms with E-state index < -0.39 is 0 Å². The molecule has 1 aliphatic heterocycles. The van der Waals surface area contributed by atoms with Crippen molar-refractivity contribution in [1.29, 1.82) is 0 Å². The summed E-state index contributed by atoms with van der Waals surface area (Å²) in [5, 5.41) is 3.33. The van der Waals surface area contributed by atoms with E-state index in [4.69, 9.17) is 5.73 Å². The van der Waals surface area contributed by atoms with Crippen molar-refractivity contribution in [3.63, 3.8) is 0 Å². The molecule has 0 unspecified atom stereocenters. The summed E-state index contributed by atoms with van der Waals surface area (Å²) in [5.41, 5.74) is 6.94. The average molecular weight is 194 g/mol. The van der Waals surface area contributed by atoms with E-state index in [-0.39, 0.29) is 11.5 Å². The molecule has 0 amide bonds. The third kappa shape index (κ3) is 1.87. The van der Waals surface area contributed by atoms with Crippen molar-refractivity contribution >= 4 is 5.69 Å². The molecule has 1 saturated heterocycles. The van der Waals surface area contributed by atoms with E-state index in [1.807, 2.05) is 6.07 Å². The summed E-state index contributed by atoms with van der Waals surface area (Å²) >= 11 is 0. The molecule has 2 nitrogen and oxygen atoms in total. The quantitative estimate of drug-likeness (QED) is 0.670. The van der Waals surface area contributed by atoms with Crippen LogP contribution < -0.4 is 11.1 Å². The number of benzene rings is 1. The van der Waals surface area contributed by atoms with Gasteiger partial charge in [-0.1, -0.05) is 6.07 Å². The number of hydrogen-bond acceptors (Lipinski definition) is 2. The molecule has 1 aromatic rings. The molecule has 0 aromatic heterocycles. The predicted octanol–water partition coefficient (Wildman–Crippen LogP) is 1.87. The minimum atomic E-state index is -0.322. The molecular weight excluding hydrogens is 179 g/mol. The topological polar surface area (TPSA) is 38.0 Å². The van der Waals surface area contributed by atoms with Gasteiger partial charge < -0.3 is 11.1 Å². The van der Waals surface area contributed by atoms with Gasteiger partial charge in [-0.2, -0.15) is 0 Å². The smallest absolute Gasteiger partial charge is 0.146 e. The first-order chi connectivity index (χ1) is 6.77. The zero-order chi connectivity index (χ0) is 9.97. The van der Waals surface area contributed by atoms with Crippen molar-refractivity contribution in [2.45, 2.75) is 18.8 Å². The van der Waals surface area contributed by atoms with Crippen LogP contribution in [0.15, 0.2) is 18.2 Å². The van der Waals surface area contributed by atoms with Crippen LogP contribution in [0, 0.1) is 5.82 Å². The Labute approximate surface area is 83.3 Å². The zero-order valence-electron chi connectivity index (χ0n) is 8.09. The number of nitrogens with two attached hydrogens (primary N) is 1. The molecule has 3 N–H and O–H groups in total. The van der Waals surface area contributed by atoms with Crippen LogP contribution in [-0.2, 0) is 0 Å². The molecule has 1 aromatic carbocycles. The third-order valence-electron chi connectivity index (χ3n) is 2.79. The lowest BCUT2D eigenvalue weighted by molar-refractivity contribution is 0.461. The molecule has 3 heteroatoms. The minimum Gasteiger partial charge on any atom is -0.396 e. The van der Waals surface area contributed by atoms with E-state index in [1.54, 1.807) is 6.07 Å². The number of hydrogen-bond donors (Lipinski definition) is 2. The van der Waals surface area contributed by atoms with Crippen LogP contribution in [0.5, 0.6) is 0 Å². The summed E-state index contributed by atoms with van der Waals surface area (Å²) in [6, 6.07) is 5.05. The Morgan fingerprint density at radius 1 is 1.43 bits per heavy atom. The number of halogens is 1. The van der Waals surface area contributed by atoms with Crippen molar-refractivity contribution in [3.05, 3.63) is 29.6 Å². The van der Waals surface area contributed by atoms with E-state index in [2.05, 4.69) is 5.32 Å². The zero-order valence-corrected chi connectivity index (χ0v) is 8.09. The summed E-state index contributed by atoms with van der Waals surface area (Å²) in [5.74, 6) is 0.171. The van der Waals surface area contributed by atoms with Gasteiger partial charge in [0.05, 0.1) is 5.69 Å². The van der Waals surface area contributed by atoms with Gasteiger partial charge in [-0.25, -0.2) is 4.39 Å². The summed E-state index contributed by atoms with van der Waals surface area (Å²) in [4.78, 5) is 0. The van der Waals surface area contributed by atoms with E-state index in [9.17, 15) is 4.39 Å². The molecule has 1 atom stereocenters. The Balaban J connectivity index is 2.18. The van der Waals surface area contributed by atoms with Crippen LogP contribution in [-0.4, -0.2) is 13.1 Å². The lowest BCUT2D eigenvalue weighted by Crippen LogP contribution is -2.28. The van der Waals surface area contributed by atoms with Gasteiger partial charge in [0, 0.05) is 6.54 Å². The molecule has 2 rings (SSSR count). The maximum Gasteiger partial charge on any atom is 0.146 e. The van der Waals surface area contributed by atoms with Gasteiger partial charge in [0.1, 0.15) is 5.82 Å². The lowest BCUT2D eigenvalue weighted by atomic mass is 9.91. The lowest BCUT2D eigenvalue weighted by Gasteiger charge is -2.23. The molecule has 0 spiro atoms. The molecule has 0 bridgehead atoms. The Kier molecular flexibility index (Phi) is 2.68. The first kappa shape index (κ1) is 9.46. The maximum atomic E-state index is 12.9. The number of rotatable bonds is 1. The van der Waals surface area contributed by atoms with Crippen molar-refractivity contribution in [3.8, 4) is 0 Å². The van der Waals surface area contributed by atoms with Crippen molar-refractivity contribution in [2.24, 2.45) is 0 Å². The SMILES string of the molecule is Nc1cc([C@H]2CCCNC2)ccc1F. The molecule has 1 aliphatic rings. The number of piperidine rings is 1. The Morgan fingerprint density at radius 2 is 2.29 bits per heavy atom. The van der Waals surface area contributed by atoms with Gasteiger partial charge in [-0.05, 0) is 43.0 Å². The number of nitrogen functional groups attached to an aromatic ring is 1. The second-order valence-corrected chi connectivity index (χ2v) is 3.82. The van der Waals surface area contributed by atoms with E-state index in [1.165, 1.54) is 12.5 Å².